The molecule has 2 aromatic carbocycles. The lowest BCUT2D eigenvalue weighted by Gasteiger charge is -2.35. The normalized spacial score (nSPS) is 21.7. The number of aliphatic hydroxyl groups is 1. The molecule has 31 heavy (non-hydrogen) atoms. The van der Waals surface area contributed by atoms with Crippen LogP contribution in [0.3, 0.4) is 0 Å². The van der Waals surface area contributed by atoms with Crippen LogP contribution in [0.5, 0.6) is 0 Å². The fourth-order valence-corrected chi connectivity index (χ4v) is 3.93. The summed E-state index contributed by atoms with van der Waals surface area (Å²) in [6.45, 7) is 0. The number of thioether (sulfide) groups is 1. The summed E-state index contributed by atoms with van der Waals surface area (Å²) in [4.78, 5) is 3.90. The van der Waals surface area contributed by atoms with Gasteiger partial charge in [0.25, 0.3) is 5.72 Å². The molecule has 0 aromatic heterocycles. The second kappa shape index (κ2) is 7.62. The van der Waals surface area contributed by atoms with Crippen LogP contribution >= 0.6 is 11.8 Å². The van der Waals surface area contributed by atoms with Gasteiger partial charge in [-0.3, -0.25) is 4.90 Å². The van der Waals surface area contributed by atoms with Gasteiger partial charge in [-0.2, -0.15) is 39.5 Å². The Morgan fingerprint density at radius 2 is 1.39 bits per heavy atom. The number of halogens is 9. The van der Waals surface area contributed by atoms with Crippen molar-refractivity contribution in [3.63, 3.8) is 0 Å². The minimum absolute atomic E-state index is 0.146. The molecule has 1 unspecified atom stereocenters. The number of anilines is 1. The number of hydrogen-bond donors (Lipinski definition) is 1. The van der Waals surface area contributed by atoms with E-state index in [1.54, 1.807) is 0 Å². The van der Waals surface area contributed by atoms with Crippen LogP contribution in [0.4, 0.5) is 50.9 Å². The molecule has 1 heterocycles. The molecule has 0 saturated carbocycles. The fraction of sp³-hybridized carbons (Fsp3) is 0.278. The van der Waals surface area contributed by atoms with Crippen LogP contribution in [0.1, 0.15) is 11.1 Å². The summed E-state index contributed by atoms with van der Waals surface area (Å²) in [5.41, 5.74) is -7.08. The van der Waals surface area contributed by atoms with Crippen molar-refractivity contribution >= 4 is 28.3 Å². The SMILES string of the molecule is OC1(C(F)(F)F)CSC(=Nc2cccc(C(F)(F)F)c2)N1c1cccc(C(F)(F)F)c1. The minimum atomic E-state index is -5.31. The first-order valence-electron chi connectivity index (χ1n) is 8.28. The zero-order valence-electron chi connectivity index (χ0n) is 15.0. The smallest absolute Gasteiger partial charge is 0.362 e. The van der Waals surface area contributed by atoms with E-state index in [0.717, 1.165) is 30.3 Å². The number of nitrogens with zero attached hydrogens (tertiary/aromatic N) is 2. The lowest BCUT2D eigenvalue weighted by atomic mass is 10.1. The van der Waals surface area contributed by atoms with Gasteiger partial charge in [-0.15, -0.1) is 0 Å². The average molecular weight is 474 g/mol. The van der Waals surface area contributed by atoms with E-state index in [1.807, 2.05) is 0 Å². The van der Waals surface area contributed by atoms with E-state index in [0.29, 0.717) is 30.0 Å². The van der Waals surface area contributed by atoms with Gasteiger partial charge in [0.05, 0.1) is 22.6 Å². The van der Waals surface area contributed by atoms with Crippen molar-refractivity contribution in [1.29, 1.82) is 0 Å². The van der Waals surface area contributed by atoms with Gasteiger partial charge in [0.1, 0.15) is 0 Å². The molecule has 1 aliphatic rings. The van der Waals surface area contributed by atoms with Crippen molar-refractivity contribution in [1.82, 2.24) is 0 Å². The maximum absolute atomic E-state index is 13.6. The molecule has 2 aromatic rings. The van der Waals surface area contributed by atoms with Crippen molar-refractivity contribution in [2.75, 3.05) is 10.7 Å². The van der Waals surface area contributed by atoms with Gasteiger partial charge in [0, 0.05) is 5.69 Å². The topological polar surface area (TPSA) is 35.8 Å². The zero-order chi connectivity index (χ0) is 23.2. The molecular formula is C18H11F9N2OS. The molecule has 3 rings (SSSR count). The number of amidine groups is 1. The van der Waals surface area contributed by atoms with Crippen LogP contribution in [0.2, 0.25) is 0 Å². The molecule has 0 spiro atoms. The number of hydrogen-bond acceptors (Lipinski definition) is 3. The molecule has 0 radical (unpaired) electrons. The Labute approximate surface area is 173 Å². The lowest BCUT2D eigenvalue weighted by molar-refractivity contribution is -0.244. The minimum Gasteiger partial charge on any atom is -0.362 e. The maximum Gasteiger partial charge on any atom is 0.437 e. The zero-order valence-corrected chi connectivity index (χ0v) is 15.8. The first-order chi connectivity index (χ1) is 14.1. The molecule has 3 nitrogen and oxygen atoms in total. The molecule has 1 saturated heterocycles. The number of benzene rings is 2. The first kappa shape index (κ1) is 23.3. The van der Waals surface area contributed by atoms with Gasteiger partial charge in [-0.25, -0.2) is 4.99 Å². The average Bonchev–Trinajstić information content (AvgIpc) is 2.98. The Kier molecular flexibility index (Phi) is 5.72. The summed E-state index contributed by atoms with van der Waals surface area (Å²) < 4.78 is 119. The molecule has 0 bridgehead atoms. The molecule has 1 N–H and O–H groups in total. The summed E-state index contributed by atoms with van der Waals surface area (Å²) in [6.07, 6.45) is -14.9. The van der Waals surface area contributed by atoms with E-state index in [-0.39, 0.29) is 10.6 Å². The summed E-state index contributed by atoms with van der Waals surface area (Å²) in [6, 6.07) is 6.13. The molecule has 1 aliphatic heterocycles. The third-order valence-corrected chi connectivity index (χ3v) is 5.33. The second-order valence-electron chi connectivity index (χ2n) is 6.43. The van der Waals surface area contributed by atoms with Gasteiger partial charge >= 0.3 is 18.5 Å². The van der Waals surface area contributed by atoms with Crippen molar-refractivity contribution in [2.24, 2.45) is 4.99 Å². The molecule has 168 valence electrons. The monoisotopic (exact) mass is 474 g/mol. The summed E-state index contributed by atoms with van der Waals surface area (Å²) in [7, 11) is 0. The second-order valence-corrected chi connectivity index (χ2v) is 7.37. The Bertz CT molecular complexity index is 1000. The highest BCUT2D eigenvalue weighted by Gasteiger charge is 2.63. The number of alkyl halides is 9. The van der Waals surface area contributed by atoms with Crippen LogP contribution in [-0.2, 0) is 12.4 Å². The highest BCUT2D eigenvalue weighted by Crippen LogP contribution is 2.46. The van der Waals surface area contributed by atoms with Crippen LogP contribution in [0.25, 0.3) is 0 Å². The number of aliphatic imine (C=N–C) groups is 1. The highest BCUT2D eigenvalue weighted by atomic mass is 32.2. The van der Waals surface area contributed by atoms with Crippen molar-refractivity contribution in [2.45, 2.75) is 24.3 Å². The largest absolute Gasteiger partial charge is 0.437 e. The third kappa shape index (κ3) is 4.61. The van der Waals surface area contributed by atoms with E-state index in [4.69, 9.17) is 0 Å². The van der Waals surface area contributed by atoms with Crippen molar-refractivity contribution in [3.8, 4) is 0 Å². The van der Waals surface area contributed by atoms with Gasteiger partial charge < -0.3 is 5.11 Å². The highest BCUT2D eigenvalue weighted by molar-refractivity contribution is 8.14. The quantitative estimate of drug-likeness (QED) is 0.526. The predicted octanol–water partition coefficient (Wildman–Crippen LogP) is 6.22. The maximum atomic E-state index is 13.6. The van der Waals surface area contributed by atoms with Crippen molar-refractivity contribution in [3.05, 3.63) is 59.7 Å². The molecule has 13 heteroatoms. The van der Waals surface area contributed by atoms with Gasteiger partial charge in [0.2, 0.25) is 0 Å². The van der Waals surface area contributed by atoms with E-state index in [2.05, 4.69) is 4.99 Å². The lowest BCUT2D eigenvalue weighted by Crippen LogP contribution is -2.58. The third-order valence-electron chi connectivity index (χ3n) is 4.25. The van der Waals surface area contributed by atoms with Crippen LogP contribution in [0.15, 0.2) is 53.5 Å². The first-order valence-corrected chi connectivity index (χ1v) is 9.27. The fourth-order valence-electron chi connectivity index (χ4n) is 2.75. The Balaban J connectivity index is 2.14. The number of rotatable bonds is 2. The van der Waals surface area contributed by atoms with E-state index in [9.17, 15) is 44.6 Å². The van der Waals surface area contributed by atoms with E-state index in [1.165, 1.54) is 0 Å². The van der Waals surface area contributed by atoms with E-state index < -0.39 is 52.0 Å². The predicted molar refractivity (Wildman–Crippen MR) is 95.9 cm³/mol. The molecule has 0 amide bonds. The van der Waals surface area contributed by atoms with Crippen molar-refractivity contribution < 1.29 is 44.6 Å². The molecule has 1 atom stereocenters. The molecule has 0 aliphatic carbocycles. The van der Waals surface area contributed by atoms with Crippen LogP contribution < -0.4 is 4.90 Å². The van der Waals surface area contributed by atoms with Gasteiger partial charge in [-0.1, -0.05) is 23.9 Å². The van der Waals surface area contributed by atoms with Crippen LogP contribution in [-0.4, -0.2) is 27.9 Å². The summed E-state index contributed by atoms with van der Waals surface area (Å²) in [5, 5.41) is 9.69. The van der Waals surface area contributed by atoms with Crippen LogP contribution in [0, 0.1) is 0 Å². The Morgan fingerprint density at radius 1 is 0.839 bits per heavy atom. The van der Waals surface area contributed by atoms with Gasteiger partial charge in [-0.05, 0) is 36.4 Å². The Morgan fingerprint density at radius 3 is 1.94 bits per heavy atom. The summed E-state index contributed by atoms with van der Waals surface area (Å²) >= 11 is 0.344. The Hall–Kier alpha value is -2.41. The summed E-state index contributed by atoms with van der Waals surface area (Å²) in [5.74, 6) is -1.05. The van der Waals surface area contributed by atoms with E-state index >= 15 is 0 Å². The van der Waals surface area contributed by atoms with Gasteiger partial charge in [0.15, 0.2) is 5.17 Å². The molecular weight excluding hydrogens is 463 g/mol. The molecule has 1 fully saturated rings. The standard InChI is InChI=1S/C18H11F9N2OS/c19-16(20,21)10-3-1-5-12(7-10)28-14-29(15(30,9-31-14)18(25,26)27)13-6-2-4-11(8-13)17(22,23)24/h1-8,30H,9H2.